The quantitative estimate of drug-likeness (QED) is 0.536. The van der Waals surface area contributed by atoms with Crippen LogP contribution in [0, 0.1) is 0 Å². The summed E-state index contributed by atoms with van der Waals surface area (Å²) in [5.41, 5.74) is 1.01. The van der Waals surface area contributed by atoms with Gasteiger partial charge in [0.25, 0.3) is 5.91 Å². The summed E-state index contributed by atoms with van der Waals surface area (Å²) in [6.07, 6.45) is 6.57. The third kappa shape index (κ3) is 4.43. The molecule has 3 N–H and O–H groups in total. The number of aromatic amines is 1. The highest BCUT2D eigenvalue weighted by atomic mass is 16.2. The topological polar surface area (TPSA) is 66.4 Å². The first kappa shape index (κ1) is 15.8. The number of hydrogen-bond donors (Lipinski definition) is 3. The maximum absolute atomic E-state index is 11.9. The van der Waals surface area contributed by atoms with E-state index in [1.807, 2.05) is 0 Å². The van der Waals surface area contributed by atoms with E-state index in [-0.39, 0.29) is 11.7 Å². The fourth-order valence-electron chi connectivity index (χ4n) is 2.97. The predicted molar refractivity (Wildman–Crippen MR) is 81.8 cm³/mol. The second-order valence-electron chi connectivity index (χ2n) is 6.02. The molecule has 0 aliphatic carbocycles. The Hall–Kier alpha value is -1.62. The van der Waals surface area contributed by atoms with E-state index < -0.39 is 0 Å². The molecule has 0 spiro atoms. The van der Waals surface area contributed by atoms with E-state index in [2.05, 4.69) is 17.2 Å². The number of aromatic nitrogens is 1. The molecule has 1 saturated heterocycles. The van der Waals surface area contributed by atoms with Gasteiger partial charge in [-0.3, -0.25) is 9.59 Å². The summed E-state index contributed by atoms with van der Waals surface area (Å²) < 4.78 is 0. The van der Waals surface area contributed by atoms with E-state index in [4.69, 9.17) is 0 Å². The minimum atomic E-state index is -0.135. The van der Waals surface area contributed by atoms with Gasteiger partial charge in [-0.2, -0.15) is 0 Å². The van der Waals surface area contributed by atoms with E-state index in [0.29, 0.717) is 17.8 Å². The van der Waals surface area contributed by atoms with Crippen molar-refractivity contribution < 1.29 is 14.5 Å². The number of amides is 1. The number of piperidine rings is 1. The van der Waals surface area contributed by atoms with E-state index in [1.54, 1.807) is 17.2 Å². The van der Waals surface area contributed by atoms with Gasteiger partial charge < -0.3 is 15.2 Å². The van der Waals surface area contributed by atoms with Crippen LogP contribution in [0.2, 0.25) is 0 Å². The summed E-state index contributed by atoms with van der Waals surface area (Å²) in [5, 5.41) is 2.91. The summed E-state index contributed by atoms with van der Waals surface area (Å²) >= 11 is 0. The number of carbonyl (C=O) groups is 2. The molecule has 1 aliphatic heterocycles. The molecule has 1 aromatic rings. The molecule has 0 radical (unpaired) electrons. The largest absolute Gasteiger partial charge is 0.356 e. The molecule has 2 rings (SSSR count). The maximum Gasteiger partial charge on any atom is 0.267 e. The van der Waals surface area contributed by atoms with Gasteiger partial charge in [-0.1, -0.05) is 0 Å². The van der Waals surface area contributed by atoms with Crippen molar-refractivity contribution in [3.63, 3.8) is 0 Å². The zero-order valence-electron chi connectivity index (χ0n) is 13.0. The van der Waals surface area contributed by atoms with Crippen LogP contribution in [0.3, 0.4) is 0 Å². The van der Waals surface area contributed by atoms with Gasteiger partial charge in [0.15, 0.2) is 5.78 Å². The summed E-state index contributed by atoms with van der Waals surface area (Å²) in [5.74, 6) is -0.169. The molecule has 116 valence electrons. The molecule has 0 bridgehead atoms. The zero-order valence-corrected chi connectivity index (χ0v) is 13.0. The van der Waals surface area contributed by atoms with Crippen molar-refractivity contribution in [2.45, 2.75) is 45.6 Å². The van der Waals surface area contributed by atoms with Gasteiger partial charge >= 0.3 is 0 Å². The monoisotopic (exact) mass is 292 g/mol. The third-order valence-electron chi connectivity index (χ3n) is 4.38. The van der Waals surface area contributed by atoms with Crippen molar-refractivity contribution in [3.8, 4) is 0 Å². The standard InChI is InChI=1S/C16H25N3O2/c1-12-6-3-4-8-19(12)9-5-7-17-16(21)15-10-14(11-18-15)13(2)20/h10-12,18H,3-9H2,1-2H3,(H,17,21)/p+1/t12-/m1/s1. The van der Waals surface area contributed by atoms with Gasteiger partial charge in [-0.05, 0) is 39.2 Å². The van der Waals surface area contributed by atoms with Crippen LogP contribution < -0.4 is 10.2 Å². The molecule has 2 atom stereocenters. The van der Waals surface area contributed by atoms with Crippen molar-refractivity contribution in [1.29, 1.82) is 0 Å². The number of H-pyrrole nitrogens is 1. The van der Waals surface area contributed by atoms with Crippen LogP contribution in [0.5, 0.6) is 0 Å². The van der Waals surface area contributed by atoms with Crippen LogP contribution in [-0.2, 0) is 0 Å². The van der Waals surface area contributed by atoms with Gasteiger partial charge in [0.2, 0.25) is 0 Å². The summed E-state index contributed by atoms with van der Waals surface area (Å²) in [6.45, 7) is 6.87. The first-order valence-electron chi connectivity index (χ1n) is 7.90. The molecule has 2 heterocycles. The van der Waals surface area contributed by atoms with E-state index in [1.165, 1.54) is 32.7 Å². The lowest BCUT2D eigenvalue weighted by molar-refractivity contribution is -0.928. The molecule has 5 nitrogen and oxygen atoms in total. The number of likely N-dealkylation sites (tertiary alicyclic amines) is 1. The molecule has 0 saturated carbocycles. The number of carbonyl (C=O) groups excluding carboxylic acids is 2. The minimum absolute atomic E-state index is 0.0343. The fourth-order valence-corrected chi connectivity index (χ4v) is 2.97. The Kier molecular flexibility index (Phi) is 5.56. The second kappa shape index (κ2) is 7.41. The minimum Gasteiger partial charge on any atom is -0.356 e. The Morgan fingerprint density at radius 3 is 2.90 bits per heavy atom. The molecule has 1 aromatic heterocycles. The lowest BCUT2D eigenvalue weighted by Gasteiger charge is -2.30. The van der Waals surface area contributed by atoms with Crippen LogP contribution in [-0.4, -0.2) is 42.4 Å². The number of ketones is 1. The molecule has 1 amide bonds. The number of nitrogens with one attached hydrogen (secondary N) is 3. The molecule has 5 heteroatoms. The predicted octanol–water partition coefficient (Wildman–Crippen LogP) is 0.795. The van der Waals surface area contributed by atoms with Crippen molar-refractivity contribution >= 4 is 11.7 Å². The smallest absolute Gasteiger partial charge is 0.267 e. The first-order valence-corrected chi connectivity index (χ1v) is 7.90. The summed E-state index contributed by atoms with van der Waals surface area (Å²) in [7, 11) is 0. The summed E-state index contributed by atoms with van der Waals surface area (Å²) in [6, 6.07) is 2.35. The lowest BCUT2D eigenvalue weighted by Crippen LogP contribution is -3.16. The van der Waals surface area contributed by atoms with Gasteiger partial charge in [0.05, 0.1) is 19.1 Å². The highest BCUT2D eigenvalue weighted by Gasteiger charge is 2.21. The van der Waals surface area contributed by atoms with Crippen molar-refractivity contribution in [1.82, 2.24) is 10.3 Å². The molecule has 1 unspecified atom stereocenters. The highest BCUT2D eigenvalue weighted by molar-refractivity contribution is 5.99. The summed E-state index contributed by atoms with van der Waals surface area (Å²) in [4.78, 5) is 27.6. The maximum atomic E-state index is 11.9. The number of rotatable bonds is 6. The SMILES string of the molecule is CC(=O)c1c[nH]c(C(=O)NCCC[NH+]2CCCC[C@H]2C)c1. The molecule has 1 aliphatic rings. The normalized spacial score (nSPS) is 22.0. The van der Waals surface area contributed by atoms with Gasteiger partial charge in [-0.15, -0.1) is 0 Å². The average Bonchev–Trinajstić information content (AvgIpc) is 2.95. The molecule has 1 fully saturated rings. The Morgan fingerprint density at radius 1 is 1.43 bits per heavy atom. The first-order chi connectivity index (χ1) is 10.1. The highest BCUT2D eigenvalue weighted by Crippen LogP contribution is 2.04. The number of quaternary nitrogens is 1. The van der Waals surface area contributed by atoms with E-state index in [9.17, 15) is 9.59 Å². The third-order valence-corrected chi connectivity index (χ3v) is 4.38. The van der Waals surface area contributed by atoms with E-state index in [0.717, 1.165) is 19.0 Å². The number of hydrogen-bond acceptors (Lipinski definition) is 2. The Morgan fingerprint density at radius 2 is 2.24 bits per heavy atom. The van der Waals surface area contributed by atoms with Gasteiger partial charge in [-0.25, -0.2) is 0 Å². The molecule has 0 aromatic carbocycles. The Bertz CT molecular complexity index is 495. The molecular weight excluding hydrogens is 266 g/mol. The number of Topliss-reactive ketones (excluding diaryl/α,β-unsaturated/α-hetero) is 1. The van der Waals surface area contributed by atoms with Crippen LogP contribution in [0.4, 0.5) is 0 Å². The Balaban J connectivity index is 1.70. The Labute approximate surface area is 126 Å². The van der Waals surface area contributed by atoms with Crippen LogP contribution >= 0.6 is 0 Å². The van der Waals surface area contributed by atoms with Crippen LogP contribution in [0.15, 0.2) is 12.3 Å². The zero-order chi connectivity index (χ0) is 15.2. The lowest BCUT2D eigenvalue weighted by atomic mass is 10.0. The van der Waals surface area contributed by atoms with Gasteiger partial charge in [0.1, 0.15) is 5.69 Å². The average molecular weight is 292 g/mol. The molecule has 21 heavy (non-hydrogen) atoms. The van der Waals surface area contributed by atoms with Gasteiger partial charge in [0, 0.05) is 24.7 Å². The van der Waals surface area contributed by atoms with Crippen LogP contribution in [0.25, 0.3) is 0 Å². The van der Waals surface area contributed by atoms with Crippen molar-refractivity contribution in [3.05, 3.63) is 23.5 Å². The van der Waals surface area contributed by atoms with E-state index >= 15 is 0 Å². The van der Waals surface area contributed by atoms with Crippen molar-refractivity contribution in [2.24, 2.45) is 0 Å². The fraction of sp³-hybridized carbons (Fsp3) is 0.625. The van der Waals surface area contributed by atoms with Crippen LogP contribution in [0.1, 0.15) is 60.4 Å². The molecular formula is C16H26N3O2+. The van der Waals surface area contributed by atoms with Crippen molar-refractivity contribution in [2.75, 3.05) is 19.6 Å². The second-order valence-corrected chi connectivity index (χ2v) is 6.02.